The van der Waals surface area contributed by atoms with Gasteiger partial charge in [0.05, 0.1) is 12.3 Å². The molecule has 0 saturated carbocycles. The molecule has 8 heteroatoms. The second-order valence-corrected chi connectivity index (χ2v) is 5.79. The van der Waals surface area contributed by atoms with Crippen molar-refractivity contribution in [3.63, 3.8) is 0 Å². The van der Waals surface area contributed by atoms with Crippen molar-refractivity contribution in [2.24, 2.45) is 0 Å². The molecule has 1 aliphatic heterocycles. The lowest BCUT2D eigenvalue weighted by molar-refractivity contribution is 0.456. The van der Waals surface area contributed by atoms with Gasteiger partial charge in [0.2, 0.25) is 0 Å². The number of halogens is 5. The van der Waals surface area contributed by atoms with Crippen LogP contribution >= 0.6 is 11.6 Å². The van der Waals surface area contributed by atoms with Gasteiger partial charge in [0.15, 0.2) is 23.3 Å². The fourth-order valence-corrected chi connectivity index (χ4v) is 3.14. The highest BCUT2D eigenvalue weighted by atomic mass is 35.5. The van der Waals surface area contributed by atoms with Crippen LogP contribution in [0.2, 0.25) is 5.02 Å². The summed E-state index contributed by atoms with van der Waals surface area (Å²) in [6, 6.07) is 0. The monoisotopic (exact) mass is 313 g/mol. The predicted octanol–water partition coefficient (Wildman–Crippen LogP) is 3.33. The lowest BCUT2D eigenvalue weighted by Gasteiger charge is -2.27. The average Bonchev–Trinajstić information content (AvgIpc) is 2.38. The highest BCUT2D eigenvalue weighted by Gasteiger charge is 2.31. The van der Waals surface area contributed by atoms with Crippen molar-refractivity contribution >= 4 is 28.3 Å². The standard InChI is InChI=1S/C11H8ClF4NOS/c1-5-2-3-19(18)17(4-5)11-9(15)7(13)6(12)8(14)10(11)16/h2H,3-4H2,1H3. The third-order valence-corrected chi connectivity index (χ3v) is 4.24. The molecule has 0 aliphatic carbocycles. The summed E-state index contributed by atoms with van der Waals surface area (Å²) in [7, 11) is -1.79. The maximum Gasteiger partial charge on any atom is 0.187 e. The Labute approximate surface area is 114 Å². The molecule has 0 N–H and O–H groups in total. The molecule has 2 rings (SSSR count). The van der Waals surface area contributed by atoms with Crippen LogP contribution in [0.5, 0.6) is 0 Å². The van der Waals surface area contributed by atoms with E-state index in [2.05, 4.69) is 0 Å². The number of benzene rings is 1. The third-order valence-electron chi connectivity index (χ3n) is 2.65. The van der Waals surface area contributed by atoms with E-state index in [0.29, 0.717) is 5.57 Å². The normalized spacial score (nSPS) is 19.6. The molecular formula is C11H8ClF4NOS. The summed E-state index contributed by atoms with van der Waals surface area (Å²) in [6.45, 7) is 1.57. The zero-order valence-corrected chi connectivity index (χ0v) is 11.2. The molecule has 104 valence electrons. The van der Waals surface area contributed by atoms with Crippen molar-refractivity contribution in [1.29, 1.82) is 0 Å². The van der Waals surface area contributed by atoms with Gasteiger partial charge in [-0.15, -0.1) is 0 Å². The molecule has 0 radical (unpaired) electrons. The molecule has 0 amide bonds. The topological polar surface area (TPSA) is 20.3 Å². The molecule has 1 aliphatic rings. The van der Waals surface area contributed by atoms with Crippen LogP contribution in [0.4, 0.5) is 23.2 Å². The van der Waals surface area contributed by atoms with Crippen LogP contribution in [-0.2, 0) is 11.0 Å². The Morgan fingerprint density at radius 1 is 1.16 bits per heavy atom. The number of nitrogens with zero attached hydrogens (tertiary/aromatic N) is 1. The first kappa shape index (κ1) is 14.3. The van der Waals surface area contributed by atoms with Crippen molar-refractivity contribution in [3.8, 4) is 0 Å². The molecule has 0 bridgehead atoms. The van der Waals surface area contributed by atoms with E-state index in [1.165, 1.54) is 0 Å². The summed E-state index contributed by atoms with van der Waals surface area (Å²) >= 11 is 5.13. The van der Waals surface area contributed by atoms with Gasteiger partial charge in [-0.1, -0.05) is 23.3 Å². The van der Waals surface area contributed by atoms with Crippen molar-refractivity contribution in [2.45, 2.75) is 6.92 Å². The van der Waals surface area contributed by atoms with E-state index in [1.807, 2.05) is 0 Å². The van der Waals surface area contributed by atoms with Crippen LogP contribution in [0.3, 0.4) is 0 Å². The van der Waals surface area contributed by atoms with Gasteiger partial charge < -0.3 is 0 Å². The average molecular weight is 314 g/mol. The number of rotatable bonds is 1. The van der Waals surface area contributed by atoms with Gasteiger partial charge in [0.1, 0.15) is 21.7 Å². The van der Waals surface area contributed by atoms with Gasteiger partial charge in [-0.25, -0.2) is 21.8 Å². The molecule has 1 aromatic rings. The predicted molar refractivity (Wildman–Crippen MR) is 65.4 cm³/mol. The summed E-state index contributed by atoms with van der Waals surface area (Å²) in [5.41, 5.74) is -0.306. The number of hydrogen-bond donors (Lipinski definition) is 0. The smallest absolute Gasteiger partial charge is 0.187 e. The molecule has 0 spiro atoms. The van der Waals surface area contributed by atoms with Gasteiger partial charge in [-0.3, -0.25) is 4.31 Å². The van der Waals surface area contributed by atoms with E-state index >= 15 is 0 Å². The Morgan fingerprint density at radius 3 is 2.21 bits per heavy atom. The minimum absolute atomic E-state index is 0.0244. The zero-order chi connectivity index (χ0) is 14.3. The van der Waals surface area contributed by atoms with E-state index < -0.39 is 45.0 Å². The van der Waals surface area contributed by atoms with Crippen LogP contribution < -0.4 is 4.31 Å². The molecule has 0 aromatic heterocycles. The minimum Gasteiger partial charge on any atom is -0.282 e. The van der Waals surface area contributed by atoms with E-state index in [-0.39, 0.29) is 12.3 Å². The highest BCUT2D eigenvalue weighted by Crippen LogP contribution is 2.35. The molecular weight excluding hydrogens is 306 g/mol. The van der Waals surface area contributed by atoms with Crippen LogP contribution in [0.25, 0.3) is 0 Å². The summed E-state index contributed by atoms with van der Waals surface area (Å²) < 4.78 is 66.7. The molecule has 1 atom stereocenters. The lowest BCUT2D eigenvalue weighted by atomic mass is 10.2. The quantitative estimate of drug-likeness (QED) is 0.337. The summed E-state index contributed by atoms with van der Waals surface area (Å²) in [4.78, 5) is 0. The lowest BCUT2D eigenvalue weighted by Crippen LogP contribution is -2.34. The van der Waals surface area contributed by atoms with Gasteiger partial charge in [-0.2, -0.15) is 0 Å². The van der Waals surface area contributed by atoms with Crippen molar-refractivity contribution in [3.05, 3.63) is 39.9 Å². The number of hydrogen-bond acceptors (Lipinski definition) is 1. The van der Waals surface area contributed by atoms with E-state index in [9.17, 15) is 21.8 Å². The molecule has 1 heterocycles. The first-order valence-corrected chi connectivity index (χ1v) is 6.83. The van der Waals surface area contributed by atoms with Crippen LogP contribution in [0, 0.1) is 23.3 Å². The van der Waals surface area contributed by atoms with E-state index in [0.717, 1.165) is 4.31 Å². The second-order valence-electron chi connectivity index (χ2n) is 3.99. The van der Waals surface area contributed by atoms with Crippen LogP contribution in [0.15, 0.2) is 11.6 Å². The Hall–Kier alpha value is -1.08. The molecule has 2 nitrogen and oxygen atoms in total. The highest BCUT2D eigenvalue weighted by molar-refractivity contribution is 7.86. The Kier molecular flexibility index (Phi) is 3.87. The number of anilines is 1. The summed E-state index contributed by atoms with van der Waals surface area (Å²) in [5, 5.41) is -1.26. The molecule has 1 aromatic carbocycles. The van der Waals surface area contributed by atoms with Crippen LogP contribution in [-0.4, -0.2) is 16.5 Å². The van der Waals surface area contributed by atoms with Crippen molar-refractivity contribution in [2.75, 3.05) is 16.6 Å². The molecule has 19 heavy (non-hydrogen) atoms. The van der Waals surface area contributed by atoms with Gasteiger partial charge in [0, 0.05) is 0 Å². The van der Waals surface area contributed by atoms with Crippen LogP contribution in [0.1, 0.15) is 6.92 Å². The van der Waals surface area contributed by atoms with Crippen molar-refractivity contribution in [1.82, 2.24) is 0 Å². The molecule has 1 unspecified atom stereocenters. The molecule has 0 fully saturated rings. The maximum absolute atomic E-state index is 13.7. The first-order chi connectivity index (χ1) is 8.84. The van der Waals surface area contributed by atoms with E-state index in [1.54, 1.807) is 13.0 Å². The third kappa shape index (κ3) is 2.36. The fraction of sp³-hybridized carbons (Fsp3) is 0.273. The SMILES string of the molecule is CC1=CCS(=O)N(c2c(F)c(F)c(Cl)c(F)c2F)C1. The fourth-order valence-electron chi connectivity index (χ4n) is 1.66. The summed E-state index contributed by atoms with van der Waals surface area (Å²) in [6.07, 6.45) is 1.63. The Bertz CT molecular complexity index is 576. The van der Waals surface area contributed by atoms with Crippen molar-refractivity contribution < 1.29 is 21.8 Å². The second kappa shape index (κ2) is 5.13. The van der Waals surface area contributed by atoms with Gasteiger partial charge in [-0.05, 0) is 6.92 Å². The Balaban J connectivity index is 2.63. The Morgan fingerprint density at radius 2 is 1.68 bits per heavy atom. The zero-order valence-electron chi connectivity index (χ0n) is 9.65. The minimum atomic E-state index is -1.79. The summed E-state index contributed by atoms with van der Waals surface area (Å²) in [5.74, 6) is -6.66. The van der Waals surface area contributed by atoms with E-state index in [4.69, 9.17) is 11.6 Å². The van der Waals surface area contributed by atoms with Gasteiger partial charge in [0.25, 0.3) is 0 Å². The first-order valence-electron chi connectivity index (χ1n) is 5.17. The largest absolute Gasteiger partial charge is 0.282 e. The maximum atomic E-state index is 13.7. The van der Waals surface area contributed by atoms with Gasteiger partial charge >= 0.3 is 0 Å². The molecule has 0 saturated heterocycles.